The van der Waals surface area contributed by atoms with Crippen LogP contribution in [0.1, 0.15) is 26.1 Å². The van der Waals surface area contributed by atoms with Crippen LogP contribution in [-0.4, -0.2) is 29.4 Å². The lowest BCUT2D eigenvalue weighted by Gasteiger charge is -2.13. The minimum Gasteiger partial charge on any atom is -0.491 e. The van der Waals surface area contributed by atoms with Crippen molar-refractivity contribution in [3.63, 3.8) is 0 Å². The zero-order chi connectivity index (χ0) is 14.5. The summed E-state index contributed by atoms with van der Waals surface area (Å²) in [5, 5.41) is 0. The zero-order valence-corrected chi connectivity index (χ0v) is 13.0. The van der Waals surface area contributed by atoms with Gasteiger partial charge in [-0.15, -0.1) is 11.6 Å². The van der Waals surface area contributed by atoms with E-state index in [-0.39, 0.29) is 6.10 Å². The van der Waals surface area contributed by atoms with Gasteiger partial charge in [0.2, 0.25) is 0 Å². The summed E-state index contributed by atoms with van der Waals surface area (Å²) in [6.45, 7) is 5.54. The average Bonchev–Trinajstić information content (AvgIpc) is 2.83. The number of benzene rings is 1. The molecular weight excluding hydrogens is 276 g/mol. The van der Waals surface area contributed by atoms with Crippen LogP contribution in [-0.2, 0) is 17.2 Å². The number of methoxy groups -OCH3 is 1. The van der Waals surface area contributed by atoms with E-state index in [1.54, 1.807) is 7.11 Å². The summed E-state index contributed by atoms with van der Waals surface area (Å²) in [4.78, 5) is 4.62. The molecule has 0 aliphatic carbocycles. The quantitative estimate of drug-likeness (QED) is 0.733. The maximum atomic E-state index is 6.02. The number of halogens is 1. The summed E-state index contributed by atoms with van der Waals surface area (Å²) < 4.78 is 13.2. The van der Waals surface area contributed by atoms with Crippen molar-refractivity contribution in [3.8, 4) is 5.75 Å². The molecule has 1 unspecified atom stereocenters. The summed E-state index contributed by atoms with van der Waals surface area (Å²) in [6, 6.07) is 5.98. The first-order valence-electron chi connectivity index (χ1n) is 6.90. The van der Waals surface area contributed by atoms with Crippen LogP contribution in [0.3, 0.4) is 0 Å². The fraction of sp³-hybridized carbons (Fsp3) is 0.533. The second-order valence-corrected chi connectivity index (χ2v) is 5.06. The number of hydrogen-bond acceptors (Lipinski definition) is 3. The van der Waals surface area contributed by atoms with Gasteiger partial charge in [-0.2, -0.15) is 0 Å². The molecule has 0 saturated carbocycles. The lowest BCUT2D eigenvalue weighted by atomic mass is 10.3. The highest BCUT2D eigenvalue weighted by Gasteiger charge is 2.15. The van der Waals surface area contributed by atoms with Crippen LogP contribution in [0.4, 0.5) is 0 Å². The Hall–Kier alpha value is -1.26. The Morgan fingerprint density at radius 3 is 2.85 bits per heavy atom. The number of para-hydroxylation sites is 1. The van der Waals surface area contributed by atoms with Gasteiger partial charge < -0.3 is 14.0 Å². The molecule has 5 heteroatoms. The van der Waals surface area contributed by atoms with Gasteiger partial charge in [-0.3, -0.25) is 0 Å². The van der Waals surface area contributed by atoms with Crippen molar-refractivity contribution in [2.45, 2.75) is 38.8 Å². The molecule has 0 fully saturated rings. The summed E-state index contributed by atoms with van der Waals surface area (Å²) in [5.74, 6) is 2.04. The number of ether oxygens (including phenoxy) is 2. The Morgan fingerprint density at radius 1 is 1.40 bits per heavy atom. The largest absolute Gasteiger partial charge is 0.491 e. The topological polar surface area (TPSA) is 36.3 Å². The minimum atomic E-state index is 0.106. The van der Waals surface area contributed by atoms with Gasteiger partial charge in [0.15, 0.2) is 0 Å². The van der Waals surface area contributed by atoms with Gasteiger partial charge in [0.05, 0.1) is 30.7 Å². The molecule has 1 aromatic carbocycles. The van der Waals surface area contributed by atoms with E-state index in [2.05, 4.69) is 16.5 Å². The van der Waals surface area contributed by atoms with Crippen LogP contribution < -0.4 is 4.74 Å². The molecule has 0 amide bonds. The molecule has 0 aliphatic heterocycles. The van der Waals surface area contributed by atoms with E-state index in [4.69, 9.17) is 21.1 Å². The van der Waals surface area contributed by atoms with Crippen molar-refractivity contribution < 1.29 is 9.47 Å². The molecule has 1 aromatic heterocycles. The first-order chi connectivity index (χ1) is 9.71. The average molecular weight is 297 g/mol. The van der Waals surface area contributed by atoms with Crippen LogP contribution in [0.25, 0.3) is 11.0 Å². The first kappa shape index (κ1) is 15.1. The highest BCUT2D eigenvalue weighted by atomic mass is 35.5. The van der Waals surface area contributed by atoms with Crippen LogP contribution in [0.5, 0.6) is 5.75 Å². The Balaban J connectivity index is 2.45. The molecule has 1 heterocycles. The van der Waals surface area contributed by atoms with Crippen molar-refractivity contribution in [3.05, 3.63) is 24.0 Å². The van der Waals surface area contributed by atoms with Crippen LogP contribution in [0.15, 0.2) is 18.2 Å². The maximum absolute atomic E-state index is 6.02. The van der Waals surface area contributed by atoms with Crippen LogP contribution >= 0.6 is 11.6 Å². The van der Waals surface area contributed by atoms with Gasteiger partial charge in [-0.05, 0) is 25.5 Å². The molecule has 0 radical (unpaired) electrons. The predicted octanol–water partition coefficient (Wildman–Crippen LogP) is 3.60. The number of aromatic nitrogens is 2. The third-order valence-corrected chi connectivity index (χ3v) is 3.48. The van der Waals surface area contributed by atoms with Crippen molar-refractivity contribution >= 4 is 22.6 Å². The molecule has 0 aliphatic rings. The Bertz CT molecular complexity index is 568. The van der Waals surface area contributed by atoms with E-state index in [9.17, 15) is 0 Å². The molecule has 110 valence electrons. The Labute approximate surface area is 124 Å². The predicted molar refractivity (Wildman–Crippen MR) is 81.5 cm³/mol. The van der Waals surface area contributed by atoms with Gasteiger partial charge in [0, 0.05) is 7.11 Å². The van der Waals surface area contributed by atoms with Gasteiger partial charge in [-0.25, -0.2) is 4.98 Å². The number of rotatable bonds is 7. The SMILES string of the molecule is CCCOc1cccc2c1nc(CCl)n2CC(C)OC. The van der Waals surface area contributed by atoms with E-state index in [1.807, 2.05) is 25.1 Å². The van der Waals surface area contributed by atoms with Gasteiger partial charge >= 0.3 is 0 Å². The maximum Gasteiger partial charge on any atom is 0.147 e. The summed E-state index contributed by atoms with van der Waals surface area (Å²) in [5.41, 5.74) is 1.91. The Kier molecular flexibility index (Phi) is 5.26. The standard InChI is InChI=1S/C15H21ClN2O2/c1-4-8-20-13-7-5-6-12-15(13)17-14(9-16)18(12)10-11(2)19-3/h5-7,11H,4,8-10H2,1-3H3. The first-order valence-corrected chi connectivity index (χ1v) is 7.44. The number of hydrogen-bond donors (Lipinski definition) is 0. The third-order valence-electron chi connectivity index (χ3n) is 3.24. The second kappa shape index (κ2) is 6.95. The van der Waals surface area contributed by atoms with Crippen LogP contribution in [0.2, 0.25) is 0 Å². The van der Waals surface area contributed by atoms with E-state index in [0.717, 1.165) is 35.6 Å². The molecule has 1 atom stereocenters. The normalized spacial score (nSPS) is 12.8. The van der Waals surface area contributed by atoms with E-state index in [0.29, 0.717) is 12.5 Å². The molecule has 0 saturated heterocycles. The second-order valence-electron chi connectivity index (χ2n) is 4.79. The monoisotopic (exact) mass is 296 g/mol. The summed E-state index contributed by atoms with van der Waals surface area (Å²) >= 11 is 6.02. The molecule has 0 N–H and O–H groups in total. The summed E-state index contributed by atoms with van der Waals surface area (Å²) in [7, 11) is 1.71. The fourth-order valence-electron chi connectivity index (χ4n) is 2.14. The number of fused-ring (bicyclic) bond motifs is 1. The molecular formula is C15H21ClN2O2. The number of alkyl halides is 1. The highest BCUT2D eigenvalue weighted by Crippen LogP contribution is 2.27. The molecule has 0 spiro atoms. The van der Waals surface area contributed by atoms with E-state index >= 15 is 0 Å². The summed E-state index contributed by atoms with van der Waals surface area (Å²) in [6.07, 6.45) is 1.08. The van der Waals surface area contributed by atoms with Crippen molar-refractivity contribution in [1.82, 2.24) is 9.55 Å². The highest BCUT2D eigenvalue weighted by molar-refractivity contribution is 6.16. The Morgan fingerprint density at radius 2 is 2.20 bits per heavy atom. The van der Waals surface area contributed by atoms with Crippen molar-refractivity contribution in [1.29, 1.82) is 0 Å². The van der Waals surface area contributed by atoms with Crippen molar-refractivity contribution in [2.24, 2.45) is 0 Å². The molecule has 0 bridgehead atoms. The van der Waals surface area contributed by atoms with Crippen LogP contribution in [0, 0.1) is 0 Å². The van der Waals surface area contributed by atoms with Gasteiger partial charge in [0.25, 0.3) is 0 Å². The zero-order valence-electron chi connectivity index (χ0n) is 12.2. The van der Waals surface area contributed by atoms with Gasteiger partial charge in [-0.1, -0.05) is 13.0 Å². The van der Waals surface area contributed by atoms with Crippen molar-refractivity contribution in [2.75, 3.05) is 13.7 Å². The van der Waals surface area contributed by atoms with Gasteiger partial charge in [0.1, 0.15) is 17.1 Å². The molecule has 20 heavy (non-hydrogen) atoms. The van der Waals surface area contributed by atoms with E-state index < -0.39 is 0 Å². The number of nitrogens with zero attached hydrogens (tertiary/aromatic N) is 2. The molecule has 2 rings (SSSR count). The van der Waals surface area contributed by atoms with E-state index in [1.165, 1.54) is 0 Å². The smallest absolute Gasteiger partial charge is 0.147 e. The lowest BCUT2D eigenvalue weighted by Crippen LogP contribution is -2.16. The third kappa shape index (κ3) is 3.07. The lowest BCUT2D eigenvalue weighted by molar-refractivity contribution is 0.103. The number of imidazole rings is 1. The minimum absolute atomic E-state index is 0.106. The fourth-order valence-corrected chi connectivity index (χ4v) is 2.34. The molecule has 4 nitrogen and oxygen atoms in total. The molecule has 2 aromatic rings.